The molecule has 0 aliphatic rings. The molecule has 2 rings (SSSR count). The summed E-state index contributed by atoms with van der Waals surface area (Å²) < 4.78 is 0. The van der Waals surface area contributed by atoms with Crippen molar-refractivity contribution in [1.29, 1.82) is 5.26 Å². The van der Waals surface area contributed by atoms with Crippen LogP contribution in [0.15, 0.2) is 47.6 Å². The van der Waals surface area contributed by atoms with Crippen molar-refractivity contribution < 1.29 is 4.79 Å². The zero-order valence-electron chi connectivity index (χ0n) is 14.4. The molecule has 26 heavy (non-hydrogen) atoms. The number of nitrogens with two attached hydrogens (primary N) is 1. The molecule has 0 bridgehead atoms. The number of nitroso groups, excluding NO2 is 1. The van der Waals surface area contributed by atoms with Gasteiger partial charge in [0.05, 0.1) is 29.4 Å². The third-order valence-electron chi connectivity index (χ3n) is 3.82. The highest BCUT2D eigenvalue weighted by Crippen LogP contribution is 2.23. The van der Waals surface area contributed by atoms with Crippen LogP contribution in [0.3, 0.4) is 0 Å². The third kappa shape index (κ3) is 4.70. The van der Waals surface area contributed by atoms with Crippen molar-refractivity contribution in [1.82, 2.24) is 0 Å². The van der Waals surface area contributed by atoms with Crippen LogP contribution in [-0.4, -0.2) is 19.0 Å². The van der Waals surface area contributed by atoms with Crippen molar-refractivity contribution in [2.75, 3.05) is 28.8 Å². The fourth-order valence-corrected chi connectivity index (χ4v) is 2.45. The third-order valence-corrected chi connectivity index (χ3v) is 3.82. The number of anilines is 3. The Kier molecular flexibility index (Phi) is 6.51. The number of hydrazine groups is 1. The monoisotopic (exact) mass is 352 g/mol. The second kappa shape index (κ2) is 9.03. The summed E-state index contributed by atoms with van der Waals surface area (Å²) in [5.41, 5.74) is 13.8. The molecular formula is C18H20N6O2. The van der Waals surface area contributed by atoms with Crippen LogP contribution in [0.5, 0.6) is 0 Å². The van der Waals surface area contributed by atoms with Crippen molar-refractivity contribution in [2.45, 2.75) is 13.3 Å². The molecule has 0 saturated heterocycles. The van der Waals surface area contributed by atoms with Gasteiger partial charge >= 0.3 is 0 Å². The number of nitrogens with one attached hydrogen (secondary N) is 2. The topological polar surface area (TPSA) is 124 Å². The molecule has 0 heterocycles. The number of primary amides is 1. The van der Waals surface area contributed by atoms with E-state index >= 15 is 0 Å². The van der Waals surface area contributed by atoms with Crippen molar-refractivity contribution in [3.63, 3.8) is 0 Å². The lowest BCUT2D eigenvalue weighted by atomic mass is 10.1. The zero-order chi connectivity index (χ0) is 18.9. The smallest absolute Gasteiger partial charge is 0.250 e. The van der Waals surface area contributed by atoms with Crippen molar-refractivity contribution in [3.8, 4) is 6.07 Å². The fourth-order valence-electron chi connectivity index (χ4n) is 2.45. The summed E-state index contributed by atoms with van der Waals surface area (Å²) in [7, 11) is 0. The first-order chi connectivity index (χ1) is 12.6. The highest BCUT2D eigenvalue weighted by molar-refractivity contribution is 5.99. The SMILES string of the molecule is CCN(CCC#N)c1ccc(NNc2ccc(N=O)cc2C(N)=O)cc1. The van der Waals surface area contributed by atoms with Crippen LogP contribution in [0.25, 0.3) is 0 Å². The van der Waals surface area contributed by atoms with Gasteiger partial charge in [-0.2, -0.15) is 5.26 Å². The summed E-state index contributed by atoms with van der Waals surface area (Å²) in [6, 6.07) is 14.2. The molecule has 134 valence electrons. The molecule has 8 heteroatoms. The molecule has 2 aromatic rings. The van der Waals surface area contributed by atoms with Gasteiger partial charge in [0.15, 0.2) is 0 Å². The van der Waals surface area contributed by atoms with Crippen molar-refractivity contribution >= 4 is 28.7 Å². The lowest BCUT2D eigenvalue weighted by Crippen LogP contribution is -2.23. The quantitative estimate of drug-likeness (QED) is 0.469. The predicted octanol–water partition coefficient (Wildman–Crippen LogP) is 3.36. The van der Waals surface area contributed by atoms with Gasteiger partial charge in [0.1, 0.15) is 5.69 Å². The van der Waals surface area contributed by atoms with E-state index in [-0.39, 0.29) is 11.3 Å². The van der Waals surface area contributed by atoms with E-state index in [9.17, 15) is 9.70 Å². The average molecular weight is 352 g/mol. The molecule has 0 fully saturated rings. The molecule has 1 amide bonds. The first-order valence-corrected chi connectivity index (χ1v) is 8.10. The minimum absolute atomic E-state index is 0.130. The molecule has 2 aromatic carbocycles. The highest BCUT2D eigenvalue weighted by Gasteiger charge is 2.10. The minimum Gasteiger partial charge on any atom is -0.371 e. The van der Waals surface area contributed by atoms with Gasteiger partial charge in [0.2, 0.25) is 0 Å². The summed E-state index contributed by atoms with van der Waals surface area (Å²) in [5, 5.41) is 11.5. The standard InChI is InChI=1S/C18H20N6O2/c1-2-24(11-3-10-19)15-7-4-13(5-8-15)21-22-17-9-6-14(23-26)12-16(17)18(20)25/h4-9,12,21-22H,2-3,11H2,1H3,(H2,20,25). The average Bonchev–Trinajstić information content (AvgIpc) is 2.67. The summed E-state index contributed by atoms with van der Waals surface area (Å²) in [4.78, 5) is 24.2. The van der Waals surface area contributed by atoms with Crippen LogP contribution in [0.1, 0.15) is 23.7 Å². The van der Waals surface area contributed by atoms with Crippen LogP contribution in [0, 0.1) is 16.2 Å². The van der Waals surface area contributed by atoms with Crippen molar-refractivity contribution in [3.05, 3.63) is 52.9 Å². The Labute approximate surface area is 151 Å². The first-order valence-electron chi connectivity index (χ1n) is 8.10. The summed E-state index contributed by atoms with van der Waals surface area (Å²) in [6.45, 7) is 3.53. The van der Waals surface area contributed by atoms with Crippen LogP contribution >= 0.6 is 0 Å². The highest BCUT2D eigenvalue weighted by atomic mass is 16.3. The number of amides is 1. The van der Waals surface area contributed by atoms with Crippen LogP contribution < -0.4 is 21.5 Å². The van der Waals surface area contributed by atoms with Gasteiger partial charge in [-0.25, -0.2) is 0 Å². The maximum atomic E-state index is 11.5. The number of hydrogen-bond acceptors (Lipinski definition) is 7. The lowest BCUT2D eigenvalue weighted by Gasteiger charge is -2.22. The Bertz CT molecular complexity index is 813. The van der Waals surface area contributed by atoms with Crippen molar-refractivity contribution in [2.24, 2.45) is 10.9 Å². The van der Waals surface area contributed by atoms with Gasteiger partial charge in [0, 0.05) is 18.8 Å². The van der Waals surface area contributed by atoms with E-state index in [4.69, 9.17) is 11.0 Å². The number of carbonyl (C=O) groups excluding carboxylic acids is 1. The molecule has 0 aliphatic heterocycles. The van der Waals surface area contributed by atoms with Gasteiger partial charge in [-0.3, -0.25) is 4.79 Å². The van der Waals surface area contributed by atoms with E-state index in [0.29, 0.717) is 18.7 Å². The molecule has 0 saturated carbocycles. The lowest BCUT2D eigenvalue weighted by molar-refractivity contribution is 0.100. The van der Waals surface area contributed by atoms with Gasteiger partial charge in [-0.15, -0.1) is 4.91 Å². The number of hydrogen-bond donors (Lipinski definition) is 3. The number of rotatable bonds is 9. The van der Waals surface area contributed by atoms with Gasteiger partial charge in [0.25, 0.3) is 5.91 Å². The summed E-state index contributed by atoms with van der Waals surface area (Å²) in [5.74, 6) is -0.661. The molecule has 0 atom stereocenters. The molecule has 0 aromatic heterocycles. The zero-order valence-corrected chi connectivity index (χ0v) is 14.4. The molecule has 0 unspecified atom stereocenters. The Morgan fingerprint density at radius 3 is 2.54 bits per heavy atom. The Morgan fingerprint density at radius 2 is 1.96 bits per heavy atom. The van der Waals surface area contributed by atoms with Gasteiger partial charge in [-0.1, -0.05) is 0 Å². The number of benzene rings is 2. The molecular weight excluding hydrogens is 332 g/mol. The maximum absolute atomic E-state index is 11.5. The van der Waals surface area contributed by atoms with Gasteiger partial charge in [-0.05, 0) is 54.6 Å². The van der Waals surface area contributed by atoms with Gasteiger partial charge < -0.3 is 21.5 Å². The maximum Gasteiger partial charge on any atom is 0.250 e. The fraction of sp³-hybridized carbons (Fsp3) is 0.222. The molecule has 0 aliphatic carbocycles. The Balaban J connectivity index is 2.07. The minimum atomic E-state index is -0.661. The predicted molar refractivity (Wildman–Crippen MR) is 102 cm³/mol. The Hall–Kier alpha value is -3.60. The normalized spacial score (nSPS) is 9.85. The van der Waals surface area contributed by atoms with E-state index in [0.717, 1.165) is 17.9 Å². The van der Waals surface area contributed by atoms with E-state index < -0.39 is 5.91 Å². The number of carbonyl (C=O) groups is 1. The van der Waals surface area contributed by atoms with E-state index in [2.05, 4.69) is 27.0 Å². The first kappa shape index (κ1) is 18.7. The Morgan fingerprint density at radius 1 is 1.23 bits per heavy atom. The van der Waals surface area contributed by atoms with Crippen LogP contribution in [0.2, 0.25) is 0 Å². The van der Waals surface area contributed by atoms with Crippen LogP contribution in [-0.2, 0) is 0 Å². The molecule has 0 spiro atoms. The second-order valence-corrected chi connectivity index (χ2v) is 5.47. The van der Waals surface area contributed by atoms with E-state index in [1.54, 1.807) is 6.07 Å². The number of nitrogens with zero attached hydrogens (tertiary/aromatic N) is 3. The summed E-state index contributed by atoms with van der Waals surface area (Å²) in [6.07, 6.45) is 0.469. The second-order valence-electron chi connectivity index (χ2n) is 5.47. The number of nitriles is 1. The van der Waals surface area contributed by atoms with E-state index in [1.165, 1.54) is 12.1 Å². The molecule has 0 radical (unpaired) electrons. The summed E-state index contributed by atoms with van der Waals surface area (Å²) >= 11 is 0. The largest absolute Gasteiger partial charge is 0.371 e. The van der Waals surface area contributed by atoms with E-state index in [1.807, 2.05) is 31.2 Å². The molecule has 4 N–H and O–H groups in total. The molecule has 8 nitrogen and oxygen atoms in total. The van der Waals surface area contributed by atoms with Crippen LogP contribution in [0.4, 0.5) is 22.7 Å².